The number of hydrogen-bond donors (Lipinski definition) is 1. The molecule has 1 aromatic carbocycles. The monoisotopic (exact) mass is 408 g/mol. The number of amides is 1. The molecule has 4 rings (SSSR count). The molecule has 0 aliphatic carbocycles. The van der Waals surface area contributed by atoms with Gasteiger partial charge in [0.05, 0.1) is 11.7 Å². The van der Waals surface area contributed by atoms with Crippen molar-refractivity contribution in [3.63, 3.8) is 0 Å². The van der Waals surface area contributed by atoms with E-state index in [4.69, 9.17) is 14.5 Å². The normalized spacial score (nSPS) is 14.0. The van der Waals surface area contributed by atoms with Crippen LogP contribution >= 0.6 is 0 Å². The van der Waals surface area contributed by atoms with Crippen LogP contribution in [-0.2, 0) is 18.3 Å². The van der Waals surface area contributed by atoms with Crippen LogP contribution in [0.4, 0.5) is 0 Å². The number of benzene rings is 1. The van der Waals surface area contributed by atoms with Crippen molar-refractivity contribution < 1.29 is 14.3 Å². The Morgan fingerprint density at radius 3 is 2.67 bits per heavy atom. The molecule has 0 saturated carbocycles. The zero-order valence-electron chi connectivity index (χ0n) is 18.2. The standard InChI is InChI=1S/C23H28N4O3/c1-13-18(15(3)25-23-22(13)16(4)26-27(23)5)7-9-21(28)24-14(2)17-6-8-19-20(12-17)30-11-10-29-19/h6,8,12,14H,7,9-11H2,1-5H3,(H,24,28)/t14-/m1/s1. The van der Waals surface area contributed by atoms with Gasteiger partial charge in [-0.15, -0.1) is 0 Å². The molecular formula is C23H28N4O3. The molecule has 7 nitrogen and oxygen atoms in total. The molecule has 158 valence electrons. The average Bonchev–Trinajstić information content (AvgIpc) is 3.00. The summed E-state index contributed by atoms with van der Waals surface area (Å²) in [6.45, 7) is 9.18. The number of fused-ring (bicyclic) bond motifs is 2. The van der Waals surface area contributed by atoms with E-state index in [9.17, 15) is 4.79 Å². The van der Waals surface area contributed by atoms with Gasteiger partial charge in [-0.05, 0) is 62.9 Å². The van der Waals surface area contributed by atoms with Crippen LogP contribution in [0.15, 0.2) is 18.2 Å². The Morgan fingerprint density at radius 1 is 1.17 bits per heavy atom. The predicted molar refractivity (Wildman–Crippen MR) is 115 cm³/mol. The van der Waals surface area contributed by atoms with Crippen LogP contribution in [0.1, 0.15) is 47.5 Å². The maximum Gasteiger partial charge on any atom is 0.220 e. The molecule has 3 aromatic rings. The van der Waals surface area contributed by atoms with Crippen LogP contribution in [0.2, 0.25) is 0 Å². The Balaban J connectivity index is 1.44. The minimum absolute atomic E-state index is 0.0131. The first-order chi connectivity index (χ1) is 14.3. The molecule has 1 atom stereocenters. The Kier molecular flexibility index (Phi) is 5.37. The third-order valence-corrected chi connectivity index (χ3v) is 5.78. The molecular weight excluding hydrogens is 380 g/mol. The Bertz CT molecular complexity index is 1120. The molecule has 0 fully saturated rings. The third-order valence-electron chi connectivity index (χ3n) is 5.78. The smallest absolute Gasteiger partial charge is 0.220 e. The molecule has 1 aliphatic rings. The largest absolute Gasteiger partial charge is 0.486 e. The number of nitrogens with zero attached hydrogens (tertiary/aromatic N) is 3. The second-order valence-electron chi connectivity index (χ2n) is 7.90. The molecule has 7 heteroatoms. The molecule has 0 spiro atoms. The minimum atomic E-state index is -0.114. The lowest BCUT2D eigenvalue weighted by Crippen LogP contribution is -2.27. The van der Waals surface area contributed by atoms with E-state index < -0.39 is 0 Å². The number of carbonyl (C=O) groups is 1. The lowest BCUT2D eigenvalue weighted by molar-refractivity contribution is -0.121. The fraction of sp³-hybridized carbons (Fsp3) is 0.435. The van der Waals surface area contributed by atoms with Crippen molar-refractivity contribution >= 4 is 16.9 Å². The highest BCUT2D eigenvalue weighted by atomic mass is 16.6. The minimum Gasteiger partial charge on any atom is -0.486 e. The molecule has 0 unspecified atom stereocenters. The Morgan fingerprint density at radius 2 is 1.90 bits per heavy atom. The van der Waals surface area contributed by atoms with E-state index in [1.807, 2.05) is 50.7 Å². The van der Waals surface area contributed by atoms with Gasteiger partial charge in [0.15, 0.2) is 17.1 Å². The summed E-state index contributed by atoms with van der Waals surface area (Å²) in [7, 11) is 1.91. The molecule has 2 aromatic heterocycles. The molecule has 30 heavy (non-hydrogen) atoms. The van der Waals surface area contributed by atoms with Crippen molar-refractivity contribution in [2.75, 3.05) is 13.2 Å². The van der Waals surface area contributed by atoms with E-state index in [1.165, 1.54) is 0 Å². The average molecular weight is 409 g/mol. The number of hydrogen-bond acceptors (Lipinski definition) is 5. The second-order valence-corrected chi connectivity index (χ2v) is 7.90. The number of pyridine rings is 1. The first-order valence-corrected chi connectivity index (χ1v) is 10.3. The van der Waals surface area contributed by atoms with Gasteiger partial charge in [-0.2, -0.15) is 5.10 Å². The molecule has 0 saturated heterocycles. The summed E-state index contributed by atoms with van der Waals surface area (Å²) in [4.78, 5) is 17.4. The number of nitrogens with one attached hydrogen (secondary N) is 1. The van der Waals surface area contributed by atoms with Gasteiger partial charge >= 0.3 is 0 Å². The zero-order valence-corrected chi connectivity index (χ0v) is 18.2. The maximum absolute atomic E-state index is 12.6. The molecule has 0 radical (unpaired) electrons. The summed E-state index contributed by atoms with van der Waals surface area (Å²) in [6.07, 6.45) is 1.05. The van der Waals surface area contributed by atoms with E-state index in [0.29, 0.717) is 26.1 Å². The first-order valence-electron chi connectivity index (χ1n) is 10.3. The number of aryl methyl sites for hydroxylation is 4. The van der Waals surface area contributed by atoms with Gasteiger partial charge in [0.1, 0.15) is 13.2 Å². The molecule has 1 N–H and O–H groups in total. The maximum atomic E-state index is 12.6. The first kappa shape index (κ1) is 20.2. The topological polar surface area (TPSA) is 78.3 Å². The number of ether oxygens (including phenoxy) is 2. The molecule has 1 amide bonds. The highest BCUT2D eigenvalue weighted by molar-refractivity contribution is 5.84. The van der Waals surface area contributed by atoms with E-state index in [0.717, 1.165) is 50.6 Å². The summed E-state index contributed by atoms with van der Waals surface area (Å²) in [6, 6.07) is 5.69. The molecule has 3 heterocycles. The Labute approximate surface area is 176 Å². The third kappa shape index (κ3) is 3.72. The number of carbonyl (C=O) groups excluding carboxylic acids is 1. The van der Waals surface area contributed by atoms with Gasteiger partial charge < -0.3 is 14.8 Å². The van der Waals surface area contributed by atoms with Crippen molar-refractivity contribution in [2.24, 2.45) is 7.05 Å². The van der Waals surface area contributed by atoms with Crippen molar-refractivity contribution in [1.29, 1.82) is 0 Å². The zero-order chi connectivity index (χ0) is 21.4. The lowest BCUT2D eigenvalue weighted by Gasteiger charge is -2.21. The van der Waals surface area contributed by atoms with Gasteiger partial charge in [-0.3, -0.25) is 9.48 Å². The van der Waals surface area contributed by atoms with Crippen molar-refractivity contribution in [3.8, 4) is 11.5 Å². The lowest BCUT2D eigenvalue weighted by atomic mass is 9.99. The van der Waals surface area contributed by atoms with Gasteiger partial charge in [0.25, 0.3) is 0 Å². The second kappa shape index (κ2) is 7.97. The molecule has 0 bridgehead atoms. The van der Waals surface area contributed by atoms with Gasteiger partial charge in [-0.1, -0.05) is 6.07 Å². The van der Waals surface area contributed by atoms with Gasteiger partial charge in [-0.25, -0.2) is 4.98 Å². The number of rotatable bonds is 5. The van der Waals surface area contributed by atoms with Crippen LogP contribution in [0, 0.1) is 20.8 Å². The van der Waals surface area contributed by atoms with Crippen molar-refractivity contribution in [1.82, 2.24) is 20.1 Å². The van der Waals surface area contributed by atoms with Crippen molar-refractivity contribution in [3.05, 3.63) is 46.3 Å². The molecule has 1 aliphatic heterocycles. The van der Waals surface area contributed by atoms with E-state index in [2.05, 4.69) is 17.3 Å². The van der Waals surface area contributed by atoms with E-state index in [1.54, 1.807) is 0 Å². The SMILES string of the molecule is Cc1nc2c(c(C)nn2C)c(C)c1CCC(=O)N[C@H](C)c1ccc2c(c1)OCCO2. The highest BCUT2D eigenvalue weighted by Gasteiger charge is 2.18. The predicted octanol–water partition coefficient (Wildman–Crippen LogP) is 3.47. The van der Waals surface area contributed by atoms with E-state index in [-0.39, 0.29) is 11.9 Å². The van der Waals surface area contributed by atoms with E-state index >= 15 is 0 Å². The summed E-state index contributed by atoms with van der Waals surface area (Å²) >= 11 is 0. The number of aromatic nitrogens is 3. The van der Waals surface area contributed by atoms with Crippen LogP contribution in [0.3, 0.4) is 0 Å². The van der Waals surface area contributed by atoms with Gasteiger partial charge in [0, 0.05) is 24.5 Å². The fourth-order valence-electron chi connectivity index (χ4n) is 4.20. The van der Waals surface area contributed by atoms with Gasteiger partial charge in [0.2, 0.25) is 5.91 Å². The Hall–Kier alpha value is -3.09. The summed E-state index contributed by atoms with van der Waals surface area (Å²) in [5, 5.41) is 8.67. The summed E-state index contributed by atoms with van der Waals surface area (Å²) in [5.41, 5.74) is 6.10. The van der Waals surface area contributed by atoms with Crippen LogP contribution in [0.25, 0.3) is 11.0 Å². The van der Waals surface area contributed by atoms with Crippen LogP contribution in [0.5, 0.6) is 11.5 Å². The van der Waals surface area contributed by atoms with Crippen LogP contribution < -0.4 is 14.8 Å². The summed E-state index contributed by atoms with van der Waals surface area (Å²) < 4.78 is 13.0. The fourth-order valence-corrected chi connectivity index (χ4v) is 4.20. The quantitative estimate of drug-likeness (QED) is 0.699. The van der Waals surface area contributed by atoms with Crippen LogP contribution in [-0.4, -0.2) is 33.9 Å². The summed E-state index contributed by atoms with van der Waals surface area (Å²) in [5.74, 6) is 1.50. The van der Waals surface area contributed by atoms with Crippen molar-refractivity contribution in [2.45, 2.75) is 46.6 Å². The highest BCUT2D eigenvalue weighted by Crippen LogP contribution is 2.32.